The van der Waals surface area contributed by atoms with Crippen LogP contribution in [0.4, 0.5) is 0 Å². The fourth-order valence-electron chi connectivity index (χ4n) is 1.63. The molecule has 4 nitrogen and oxygen atoms in total. The largest absolute Gasteiger partial charge is 0.471 e. The van der Waals surface area contributed by atoms with Crippen molar-refractivity contribution < 1.29 is 19.0 Å². The molecule has 0 aromatic rings. The minimum Gasteiger partial charge on any atom is -0.471 e. The first kappa shape index (κ1) is 9.98. The zero-order valence-corrected chi connectivity index (χ0v) is 8.65. The second kappa shape index (κ2) is 3.90. The van der Waals surface area contributed by atoms with E-state index in [1.807, 2.05) is 13.0 Å². The van der Waals surface area contributed by atoms with Crippen LogP contribution in [-0.4, -0.2) is 25.8 Å². The molecule has 2 rings (SSSR count). The van der Waals surface area contributed by atoms with Crippen molar-refractivity contribution in [2.24, 2.45) is 0 Å². The van der Waals surface area contributed by atoms with Crippen molar-refractivity contribution in [1.29, 1.82) is 0 Å². The van der Waals surface area contributed by atoms with E-state index in [4.69, 9.17) is 9.47 Å². The molecule has 0 aromatic carbocycles. The van der Waals surface area contributed by atoms with Crippen LogP contribution in [0.1, 0.15) is 6.92 Å². The van der Waals surface area contributed by atoms with E-state index in [1.54, 1.807) is 6.26 Å². The number of carbonyl (C=O) groups excluding carboxylic acids is 1. The molecular formula is C11H12O4. The minimum absolute atomic E-state index is 0.0571. The van der Waals surface area contributed by atoms with Crippen molar-refractivity contribution in [2.45, 2.75) is 13.0 Å². The average molecular weight is 208 g/mol. The van der Waals surface area contributed by atoms with Crippen molar-refractivity contribution in [2.75, 3.05) is 13.7 Å². The number of hydrogen-bond donors (Lipinski definition) is 0. The predicted molar refractivity (Wildman–Crippen MR) is 52.8 cm³/mol. The number of hydrogen-bond acceptors (Lipinski definition) is 4. The molecule has 2 heterocycles. The Morgan fingerprint density at radius 1 is 1.53 bits per heavy atom. The summed E-state index contributed by atoms with van der Waals surface area (Å²) < 4.78 is 15.2. The van der Waals surface area contributed by atoms with Crippen LogP contribution in [0.5, 0.6) is 0 Å². The lowest BCUT2D eigenvalue weighted by Crippen LogP contribution is -2.24. The summed E-state index contributed by atoms with van der Waals surface area (Å²) in [7, 11) is 1.35. The highest BCUT2D eigenvalue weighted by atomic mass is 16.5. The average Bonchev–Trinajstić information content (AvgIpc) is 2.28. The van der Waals surface area contributed by atoms with Crippen molar-refractivity contribution >= 4 is 5.97 Å². The highest BCUT2D eigenvalue weighted by Crippen LogP contribution is 2.31. The van der Waals surface area contributed by atoms with Crippen LogP contribution in [0, 0.1) is 0 Å². The lowest BCUT2D eigenvalue weighted by Gasteiger charge is -2.26. The Hall–Kier alpha value is -1.55. The molecule has 0 saturated heterocycles. The third-order valence-electron chi connectivity index (χ3n) is 2.46. The quantitative estimate of drug-likeness (QED) is 0.609. The van der Waals surface area contributed by atoms with Gasteiger partial charge in [0.05, 0.1) is 26.1 Å². The summed E-state index contributed by atoms with van der Waals surface area (Å²) in [5, 5.41) is 0. The first-order chi connectivity index (χ1) is 7.24. The van der Waals surface area contributed by atoms with Crippen molar-refractivity contribution in [3.63, 3.8) is 0 Å². The molecule has 1 atom stereocenters. The Labute approximate surface area is 87.8 Å². The van der Waals surface area contributed by atoms with E-state index in [-0.39, 0.29) is 12.1 Å². The molecule has 4 heteroatoms. The Balaban J connectivity index is 2.34. The molecular weight excluding hydrogens is 196 g/mol. The molecule has 1 unspecified atom stereocenters. The summed E-state index contributed by atoms with van der Waals surface area (Å²) in [6.07, 6.45) is 4.80. The lowest BCUT2D eigenvalue weighted by atomic mass is 9.93. The van der Waals surface area contributed by atoms with Crippen LogP contribution >= 0.6 is 0 Å². The second-order valence-electron chi connectivity index (χ2n) is 3.33. The van der Waals surface area contributed by atoms with E-state index in [0.717, 1.165) is 11.1 Å². The summed E-state index contributed by atoms with van der Waals surface area (Å²) >= 11 is 0. The molecule has 80 valence electrons. The minimum atomic E-state index is -0.388. The zero-order valence-electron chi connectivity index (χ0n) is 8.65. The maximum atomic E-state index is 11.4. The molecule has 0 N–H and O–H groups in total. The second-order valence-corrected chi connectivity index (χ2v) is 3.33. The maximum Gasteiger partial charge on any atom is 0.341 e. The lowest BCUT2D eigenvalue weighted by molar-refractivity contribution is -0.136. The molecule has 0 bridgehead atoms. The van der Waals surface area contributed by atoms with Crippen LogP contribution in [0.15, 0.2) is 35.3 Å². The van der Waals surface area contributed by atoms with Gasteiger partial charge in [-0.05, 0) is 12.5 Å². The van der Waals surface area contributed by atoms with E-state index in [2.05, 4.69) is 4.74 Å². The van der Waals surface area contributed by atoms with Gasteiger partial charge in [0.1, 0.15) is 11.8 Å². The monoisotopic (exact) mass is 208 g/mol. The van der Waals surface area contributed by atoms with Crippen molar-refractivity contribution in [1.82, 2.24) is 0 Å². The van der Waals surface area contributed by atoms with Gasteiger partial charge in [0, 0.05) is 5.57 Å². The van der Waals surface area contributed by atoms with Crippen molar-refractivity contribution in [3.05, 3.63) is 35.3 Å². The number of methoxy groups -OCH3 is 1. The van der Waals surface area contributed by atoms with Gasteiger partial charge in [0.15, 0.2) is 0 Å². The van der Waals surface area contributed by atoms with Crippen LogP contribution in [0.25, 0.3) is 0 Å². The molecule has 15 heavy (non-hydrogen) atoms. The van der Waals surface area contributed by atoms with Gasteiger partial charge in [0.2, 0.25) is 0 Å². The van der Waals surface area contributed by atoms with E-state index in [1.165, 1.54) is 13.4 Å². The molecule has 0 radical (unpaired) electrons. The zero-order chi connectivity index (χ0) is 10.8. The topological polar surface area (TPSA) is 44.8 Å². The molecule has 2 aliphatic heterocycles. The Morgan fingerprint density at radius 3 is 3.07 bits per heavy atom. The Bertz CT molecular complexity index is 376. The van der Waals surface area contributed by atoms with Gasteiger partial charge in [-0.25, -0.2) is 4.79 Å². The first-order valence-electron chi connectivity index (χ1n) is 4.70. The van der Waals surface area contributed by atoms with E-state index < -0.39 is 0 Å². The molecule has 2 aliphatic rings. The summed E-state index contributed by atoms with van der Waals surface area (Å²) in [5.74, 6) is -0.388. The third-order valence-corrected chi connectivity index (χ3v) is 2.46. The Kier molecular flexibility index (Phi) is 2.60. The summed E-state index contributed by atoms with van der Waals surface area (Å²) in [6.45, 7) is 2.42. The van der Waals surface area contributed by atoms with E-state index in [0.29, 0.717) is 12.2 Å². The van der Waals surface area contributed by atoms with Gasteiger partial charge in [-0.1, -0.05) is 6.08 Å². The molecule has 0 fully saturated rings. The van der Waals surface area contributed by atoms with Gasteiger partial charge >= 0.3 is 5.97 Å². The number of rotatable bonds is 1. The predicted octanol–water partition coefficient (Wildman–Crippen LogP) is 1.30. The van der Waals surface area contributed by atoms with Gasteiger partial charge in [-0.3, -0.25) is 0 Å². The highest BCUT2D eigenvalue weighted by molar-refractivity contribution is 5.95. The summed E-state index contributed by atoms with van der Waals surface area (Å²) in [4.78, 5) is 11.4. The molecule has 0 aromatic heterocycles. The molecule has 0 aliphatic carbocycles. The first-order valence-corrected chi connectivity index (χ1v) is 4.70. The molecule has 0 amide bonds. The van der Waals surface area contributed by atoms with Gasteiger partial charge in [0.25, 0.3) is 0 Å². The van der Waals surface area contributed by atoms with E-state index >= 15 is 0 Å². The molecule has 0 saturated carbocycles. The summed E-state index contributed by atoms with van der Waals surface area (Å²) in [5.41, 5.74) is 2.18. The normalized spacial score (nSPS) is 24.1. The Morgan fingerprint density at radius 2 is 2.33 bits per heavy atom. The SMILES string of the molecule is COC(=O)C1=COC=C2C1=CCOC2C. The van der Waals surface area contributed by atoms with Gasteiger partial charge in [-0.2, -0.15) is 0 Å². The van der Waals surface area contributed by atoms with Gasteiger partial charge < -0.3 is 14.2 Å². The van der Waals surface area contributed by atoms with Crippen LogP contribution in [-0.2, 0) is 19.0 Å². The van der Waals surface area contributed by atoms with Gasteiger partial charge in [-0.15, -0.1) is 0 Å². The number of carbonyl (C=O) groups is 1. The van der Waals surface area contributed by atoms with Crippen LogP contribution < -0.4 is 0 Å². The summed E-state index contributed by atoms with van der Waals surface area (Å²) in [6, 6.07) is 0. The smallest absolute Gasteiger partial charge is 0.341 e. The third kappa shape index (κ3) is 1.68. The number of esters is 1. The van der Waals surface area contributed by atoms with E-state index in [9.17, 15) is 4.79 Å². The fraction of sp³-hybridized carbons (Fsp3) is 0.364. The standard InChI is InChI=1S/C11H12O4/c1-7-9-5-14-6-10(11(12)13-2)8(9)3-4-15-7/h3,5-7H,4H2,1-2H3. The maximum absolute atomic E-state index is 11.4. The number of ether oxygens (including phenoxy) is 3. The highest BCUT2D eigenvalue weighted by Gasteiger charge is 2.28. The van der Waals surface area contributed by atoms with Crippen molar-refractivity contribution in [3.8, 4) is 0 Å². The van der Waals surface area contributed by atoms with Crippen LogP contribution in [0.3, 0.4) is 0 Å². The van der Waals surface area contributed by atoms with Crippen LogP contribution in [0.2, 0.25) is 0 Å². The number of fused-ring (bicyclic) bond motifs is 1. The molecule has 0 spiro atoms. The fourth-order valence-corrected chi connectivity index (χ4v) is 1.63.